The fraction of sp³-hybridized carbons (Fsp3) is 0.222. The van der Waals surface area contributed by atoms with Crippen molar-refractivity contribution in [1.29, 1.82) is 0 Å². The fourth-order valence-electron chi connectivity index (χ4n) is 2.39. The quantitative estimate of drug-likeness (QED) is 0.758. The van der Waals surface area contributed by atoms with Gasteiger partial charge in [-0.05, 0) is 50.6 Å². The van der Waals surface area contributed by atoms with Crippen LogP contribution in [-0.4, -0.2) is 20.9 Å². The monoisotopic (exact) mass is 337 g/mol. The highest BCUT2D eigenvalue weighted by Gasteiger charge is 2.14. The Balaban J connectivity index is 1.80. The molecule has 3 heterocycles. The minimum Gasteiger partial charge on any atom is -0.460 e. The molecule has 0 saturated heterocycles. The molecule has 7 nitrogen and oxygen atoms in total. The third kappa shape index (κ3) is 3.82. The van der Waals surface area contributed by atoms with E-state index in [2.05, 4.69) is 20.3 Å². The standard InChI is InChI=1S/C18H19N5O2/c1-10-4-5-11(2)21-15(10)9-20-17(24)14-8-13(22-18(19)23-14)16-7-6-12(3)25-16/h4-8H,9H2,1-3H3,(H,20,24)(H2,19,22,23). The maximum Gasteiger partial charge on any atom is 0.270 e. The highest BCUT2D eigenvalue weighted by molar-refractivity contribution is 5.93. The van der Waals surface area contributed by atoms with Crippen LogP contribution in [0.25, 0.3) is 11.5 Å². The Morgan fingerprint density at radius 1 is 1.12 bits per heavy atom. The second-order valence-corrected chi connectivity index (χ2v) is 5.81. The first-order chi connectivity index (χ1) is 11.9. The van der Waals surface area contributed by atoms with Crippen LogP contribution in [0.5, 0.6) is 0 Å². The van der Waals surface area contributed by atoms with Gasteiger partial charge in [0.05, 0.1) is 12.2 Å². The summed E-state index contributed by atoms with van der Waals surface area (Å²) in [5.74, 6) is 0.957. The van der Waals surface area contributed by atoms with Crippen LogP contribution in [0.15, 0.2) is 34.7 Å². The van der Waals surface area contributed by atoms with Crippen molar-refractivity contribution in [3.8, 4) is 11.5 Å². The first-order valence-electron chi connectivity index (χ1n) is 7.85. The van der Waals surface area contributed by atoms with E-state index in [1.165, 1.54) is 0 Å². The molecule has 0 aliphatic rings. The summed E-state index contributed by atoms with van der Waals surface area (Å²) in [5, 5.41) is 2.82. The van der Waals surface area contributed by atoms with Crippen LogP contribution < -0.4 is 11.1 Å². The van der Waals surface area contributed by atoms with Gasteiger partial charge in [-0.15, -0.1) is 0 Å². The Morgan fingerprint density at radius 2 is 1.92 bits per heavy atom. The number of hydrogen-bond donors (Lipinski definition) is 2. The first kappa shape index (κ1) is 16.6. The molecule has 1 amide bonds. The summed E-state index contributed by atoms with van der Waals surface area (Å²) in [6, 6.07) is 9.06. The van der Waals surface area contributed by atoms with Gasteiger partial charge in [0.15, 0.2) is 5.76 Å². The van der Waals surface area contributed by atoms with Gasteiger partial charge in [-0.3, -0.25) is 9.78 Å². The van der Waals surface area contributed by atoms with E-state index in [1.54, 1.807) is 12.1 Å². The highest BCUT2D eigenvalue weighted by Crippen LogP contribution is 2.21. The fourth-order valence-corrected chi connectivity index (χ4v) is 2.39. The van der Waals surface area contributed by atoms with Gasteiger partial charge in [-0.25, -0.2) is 9.97 Å². The topological polar surface area (TPSA) is 107 Å². The van der Waals surface area contributed by atoms with E-state index in [1.807, 2.05) is 39.0 Å². The van der Waals surface area contributed by atoms with Gasteiger partial charge in [0, 0.05) is 5.69 Å². The third-order valence-corrected chi connectivity index (χ3v) is 3.73. The molecule has 3 aromatic rings. The molecule has 7 heteroatoms. The molecule has 0 radical (unpaired) electrons. The minimum absolute atomic E-state index is 0.0153. The summed E-state index contributed by atoms with van der Waals surface area (Å²) in [6.07, 6.45) is 0. The van der Waals surface area contributed by atoms with Crippen LogP contribution in [0.2, 0.25) is 0 Å². The van der Waals surface area contributed by atoms with Gasteiger partial charge in [0.25, 0.3) is 5.91 Å². The van der Waals surface area contributed by atoms with E-state index < -0.39 is 0 Å². The molecule has 128 valence electrons. The number of nitrogens with one attached hydrogen (secondary N) is 1. The van der Waals surface area contributed by atoms with Gasteiger partial charge in [0.2, 0.25) is 5.95 Å². The van der Waals surface area contributed by atoms with E-state index in [9.17, 15) is 4.79 Å². The van der Waals surface area contributed by atoms with Crippen molar-refractivity contribution in [1.82, 2.24) is 20.3 Å². The number of amides is 1. The predicted molar refractivity (Wildman–Crippen MR) is 93.8 cm³/mol. The molecule has 0 aromatic carbocycles. The summed E-state index contributed by atoms with van der Waals surface area (Å²) in [7, 11) is 0. The number of nitrogens with zero attached hydrogens (tertiary/aromatic N) is 3. The van der Waals surface area contributed by atoms with Gasteiger partial charge in [0.1, 0.15) is 17.1 Å². The van der Waals surface area contributed by atoms with Crippen molar-refractivity contribution in [2.24, 2.45) is 0 Å². The maximum atomic E-state index is 12.4. The Bertz CT molecular complexity index is 933. The zero-order valence-electron chi connectivity index (χ0n) is 14.3. The summed E-state index contributed by atoms with van der Waals surface area (Å²) < 4.78 is 5.53. The van der Waals surface area contributed by atoms with Gasteiger partial charge >= 0.3 is 0 Å². The number of carbonyl (C=O) groups is 1. The maximum absolute atomic E-state index is 12.4. The Labute approximate surface area is 145 Å². The van der Waals surface area contributed by atoms with Crippen molar-refractivity contribution in [3.63, 3.8) is 0 Å². The average molecular weight is 337 g/mol. The zero-order valence-corrected chi connectivity index (χ0v) is 14.3. The molecule has 3 rings (SSSR count). The second-order valence-electron chi connectivity index (χ2n) is 5.81. The molecule has 0 aliphatic carbocycles. The summed E-state index contributed by atoms with van der Waals surface area (Å²) in [4.78, 5) is 25.0. The van der Waals surface area contributed by atoms with Crippen molar-refractivity contribution in [2.45, 2.75) is 27.3 Å². The molecule has 0 spiro atoms. The first-order valence-corrected chi connectivity index (χ1v) is 7.85. The molecular formula is C18H19N5O2. The largest absolute Gasteiger partial charge is 0.460 e. The molecule has 0 bridgehead atoms. The van der Waals surface area contributed by atoms with Crippen LogP contribution in [0.3, 0.4) is 0 Å². The molecule has 0 saturated carbocycles. The van der Waals surface area contributed by atoms with E-state index >= 15 is 0 Å². The van der Waals surface area contributed by atoms with E-state index in [-0.39, 0.29) is 17.5 Å². The molecule has 0 fully saturated rings. The molecule has 3 N–H and O–H groups in total. The Kier molecular flexibility index (Phi) is 4.47. The number of carbonyl (C=O) groups excluding carboxylic acids is 1. The zero-order chi connectivity index (χ0) is 18.0. The van der Waals surface area contributed by atoms with Crippen LogP contribution in [0.1, 0.15) is 33.2 Å². The summed E-state index contributed by atoms with van der Waals surface area (Å²) >= 11 is 0. The molecule has 0 atom stereocenters. The summed E-state index contributed by atoms with van der Waals surface area (Å²) in [6.45, 7) is 6.01. The van der Waals surface area contributed by atoms with Gasteiger partial charge in [-0.2, -0.15) is 0 Å². The average Bonchev–Trinajstić information content (AvgIpc) is 3.01. The number of pyridine rings is 1. The van der Waals surface area contributed by atoms with Crippen LogP contribution in [0.4, 0.5) is 5.95 Å². The highest BCUT2D eigenvalue weighted by atomic mass is 16.3. The Hall–Kier alpha value is -3.22. The van der Waals surface area contributed by atoms with Crippen molar-refractivity contribution in [3.05, 3.63) is 58.7 Å². The lowest BCUT2D eigenvalue weighted by Crippen LogP contribution is -2.25. The lowest BCUT2D eigenvalue weighted by molar-refractivity contribution is 0.0945. The van der Waals surface area contributed by atoms with Crippen molar-refractivity contribution in [2.75, 3.05) is 5.73 Å². The number of nitrogen functional groups attached to an aromatic ring is 1. The number of nitrogens with two attached hydrogens (primary N) is 1. The van der Waals surface area contributed by atoms with Crippen LogP contribution in [-0.2, 0) is 6.54 Å². The van der Waals surface area contributed by atoms with Crippen LogP contribution >= 0.6 is 0 Å². The lowest BCUT2D eigenvalue weighted by atomic mass is 10.2. The van der Waals surface area contributed by atoms with Gasteiger partial charge < -0.3 is 15.5 Å². The van der Waals surface area contributed by atoms with Crippen LogP contribution in [0, 0.1) is 20.8 Å². The smallest absolute Gasteiger partial charge is 0.270 e. The number of rotatable bonds is 4. The van der Waals surface area contributed by atoms with E-state index in [4.69, 9.17) is 10.2 Å². The Morgan fingerprint density at radius 3 is 2.64 bits per heavy atom. The number of furan rings is 1. The normalized spacial score (nSPS) is 10.7. The SMILES string of the molecule is Cc1ccc(C)c(CNC(=O)c2cc(-c3ccc(C)o3)nc(N)n2)n1. The molecule has 0 aliphatic heterocycles. The third-order valence-electron chi connectivity index (χ3n) is 3.73. The van der Waals surface area contributed by atoms with E-state index in [0.29, 0.717) is 18.0 Å². The van der Waals surface area contributed by atoms with E-state index in [0.717, 1.165) is 22.7 Å². The van der Waals surface area contributed by atoms with Crippen molar-refractivity contribution < 1.29 is 9.21 Å². The minimum atomic E-state index is -0.346. The summed E-state index contributed by atoms with van der Waals surface area (Å²) in [5.41, 5.74) is 9.12. The molecular weight excluding hydrogens is 318 g/mol. The molecule has 0 unspecified atom stereocenters. The number of hydrogen-bond acceptors (Lipinski definition) is 6. The lowest BCUT2D eigenvalue weighted by Gasteiger charge is -2.08. The molecule has 3 aromatic heterocycles. The van der Waals surface area contributed by atoms with Crippen molar-refractivity contribution >= 4 is 11.9 Å². The second kappa shape index (κ2) is 6.72. The molecule has 25 heavy (non-hydrogen) atoms. The predicted octanol–water partition coefficient (Wildman–Crippen LogP) is 2.57. The number of aryl methyl sites for hydroxylation is 3. The number of anilines is 1. The number of aromatic nitrogens is 3. The van der Waals surface area contributed by atoms with Gasteiger partial charge in [-0.1, -0.05) is 6.07 Å².